The zero-order chi connectivity index (χ0) is 10.2. The highest BCUT2D eigenvalue weighted by Crippen LogP contribution is 2.03. The van der Waals surface area contributed by atoms with E-state index in [-0.39, 0.29) is 16.5 Å². The lowest BCUT2D eigenvalue weighted by atomic mass is 9.71. The topological polar surface area (TPSA) is 0 Å². The second-order valence-corrected chi connectivity index (χ2v) is 2.80. The summed E-state index contributed by atoms with van der Waals surface area (Å²) in [7, 11) is 16.6. The third-order valence-electron chi connectivity index (χ3n) is 2.07. The minimum atomic E-state index is -0.601. The van der Waals surface area contributed by atoms with Gasteiger partial charge in [0.05, 0.1) is 0 Å². The molecule has 4 heteroatoms. The Kier molecular flexibility index (Phi) is 2.70. The van der Waals surface area contributed by atoms with Crippen LogP contribution in [-0.4, -0.2) is 23.5 Å². The Bertz CT molecular complexity index is 343. The Morgan fingerprint density at radius 2 is 1.69 bits per heavy atom. The van der Waals surface area contributed by atoms with E-state index in [0.29, 0.717) is 11.0 Å². The van der Waals surface area contributed by atoms with Gasteiger partial charge in [-0.2, -0.15) is 0 Å². The molecule has 13 heavy (non-hydrogen) atoms. The number of rotatable bonds is 1. The molecule has 0 saturated carbocycles. The minimum Gasteiger partial charge on any atom is -0.207 e. The van der Waals surface area contributed by atoms with Gasteiger partial charge in [0.2, 0.25) is 0 Å². The van der Waals surface area contributed by atoms with Crippen LogP contribution in [0.2, 0.25) is 0 Å². The summed E-state index contributed by atoms with van der Waals surface area (Å²) in [4.78, 5) is 0. The van der Waals surface area contributed by atoms with Crippen LogP contribution in [0.4, 0.5) is 4.39 Å². The van der Waals surface area contributed by atoms with E-state index in [1.165, 1.54) is 6.08 Å². The largest absolute Gasteiger partial charge is 0.207 e. The summed E-state index contributed by atoms with van der Waals surface area (Å²) in [6.45, 7) is 5.14. The lowest BCUT2D eigenvalue weighted by Crippen LogP contribution is -2.38. The van der Waals surface area contributed by atoms with Gasteiger partial charge in [-0.1, -0.05) is 34.6 Å². The molecule has 0 aliphatic rings. The Hall–Kier alpha value is -0.915. The molecule has 0 nitrogen and oxygen atoms in total. The average molecular weight is 166 g/mol. The minimum absolute atomic E-state index is 0.0680. The molecular weight excluding hydrogens is 160 g/mol. The van der Waals surface area contributed by atoms with E-state index >= 15 is 0 Å². The zero-order valence-electron chi connectivity index (χ0n) is 7.39. The first-order valence-electron chi connectivity index (χ1n) is 3.75. The summed E-state index contributed by atoms with van der Waals surface area (Å²) in [6, 6.07) is 0. The van der Waals surface area contributed by atoms with Gasteiger partial charge in [0.1, 0.15) is 29.4 Å². The fraction of sp³-hybridized carbons (Fsp3) is 0.111. The maximum atomic E-state index is 13.3. The summed E-state index contributed by atoms with van der Waals surface area (Å²) < 4.78 is 13.3. The summed E-state index contributed by atoms with van der Waals surface area (Å²) >= 11 is 0. The molecule has 0 unspecified atom stereocenters. The quantitative estimate of drug-likeness (QED) is 0.476. The summed E-state index contributed by atoms with van der Waals surface area (Å²) in [5, 5.41) is 0. The predicted molar refractivity (Wildman–Crippen MR) is 57.4 cm³/mol. The van der Waals surface area contributed by atoms with Crippen molar-refractivity contribution in [3.63, 3.8) is 0 Å². The van der Waals surface area contributed by atoms with Gasteiger partial charge in [-0.3, -0.25) is 0 Å². The van der Waals surface area contributed by atoms with E-state index in [0.717, 1.165) is 0 Å². The van der Waals surface area contributed by atoms with Crippen molar-refractivity contribution in [2.75, 3.05) is 0 Å². The highest BCUT2D eigenvalue weighted by atomic mass is 19.1. The van der Waals surface area contributed by atoms with E-state index in [1.807, 2.05) is 0 Å². The highest BCUT2D eigenvalue weighted by Gasteiger charge is 2.10. The molecule has 0 bridgehead atoms. The first-order chi connectivity index (χ1) is 6.00. The molecule has 0 aliphatic heterocycles. The van der Waals surface area contributed by atoms with E-state index in [4.69, 9.17) is 23.5 Å². The monoisotopic (exact) mass is 166 g/mol. The van der Waals surface area contributed by atoms with Crippen LogP contribution in [0, 0.1) is 12.7 Å². The predicted octanol–water partition coefficient (Wildman–Crippen LogP) is -0.841. The first-order valence-corrected chi connectivity index (χ1v) is 3.75. The molecule has 0 aliphatic carbocycles. The van der Waals surface area contributed by atoms with Crippen LogP contribution in [0.5, 0.6) is 0 Å². The molecule has 1 aromatic rings. The molecule has 0 N–H and O–H groups in total. The van der Waals surface area contributed by atoms with E-state index in [2.05, 4.69) is 6.58 Å². The summed E-state index contributed by atoms with van der Waals surface area (Å²) in [5.41, 5.74) is 1.22. The number of hydrogen-bond acceptors (Lipinski definition) is 0. The molecule has 0 heterocycles. The molecule has 1 aromatic carbocycles. The smallest absolute Gasteiger partial charge is 0.122 e. The van der Waals surface area contributed by atoms with Crippen molar-refractivity contribution >= 4 is 46.0 Å². The van der Waals surface area contributed by atoms with Gasteiger partial charge in [0.25, 0.3) is 0 Å². The van der Waals surface area contributed by atoms with Crippen LogP contribution in [-0.2, 0) is 0 Å². The zero-order valence-corrected chi connectivity index (χ0v) is 7.39. The molecular formula is C9H6B3F. The van der Waals surface area contributed by atoms with Gasteiger partial charge < -0.3 is 0 Å². The van der Waals surface area contributed by atoms with Crippen LogP contribution >= 0.6 is 0 Å². The fourth-order valence-corrected chi connectivity index (χ4v) is 1.13. The van der Waals surface area contributed by atoms with Crippen molar-refractivity contribution in [2.24, 2.45) is 0 Å². The van der Waals surface area contributed by atoms with Crippen molar-refractivity contribution in [3.05, 3.63) is 23.5 Å². The van der Waals surface area contributed by atoms with Crippen molar-refractivity contribution in [1.29, 1.82) is 0 Å². The molecule has 0 spiro atoms. The summed E-state index contributed by atoms with van der Waals surface area (Å²) in [6.07, 6.45) is 1.33. The lowest BCUT2D eigenvalue weighted by molar-refractivity contribution is 0.635. The Balaban J connectivity index is 3.66. The molecule has 6 radical (unpaired) electrons. The van der Waals surface area contributed by atoms with E-state index in [9.17, 15) is 4.39 Å². The molecule has 0 atom stereocenters. The van der Waals surface area contributed by atoms with Gasteiger partial charge in [-0.05, 0) is 6.92 Å². The van der Waals surface area contributed by atoms with E-state index < -0.39 is 5.82 Å². The van der Waals surface area contributed by atoms with Gasteiger partial charge >= 0.3 is 0 Å². The highest BCUT2D eigenvalue weighted by molar-refractivity contribution is 6.51. The van der Waals surface area contributed by atoms with Crippen molar-refractivity contribution in [1.82, 2.24) is 0 Å². The van der Waals surface area contributed by atoms with Crippen molar-refractivity contribution in [3.8, 4) is 0 Å². The molecule has 0 fully saturated rings. The first kappa shape index (κ1) is 10.2. The SMILES string of the molecule is [B]c1c([B])c(F)c(C=C)c([B])c1C. The van der Waals surface area contributed by atoms with Crippen LogP contribution < -0.4 is 16.4 Å². The molecule has 0 aromatic heterocycles. The maximum absolute atomic E-state index is 13.3. The third-order valence-corrected chi connectivity index (χ3v) is 2.07. The average Bonchev–Trinajstić information content (AvgIpc) is 2.13. The number of halogens is 1. The van der Waals surface area contributed by atoms with Crippen molar-refractivity contribution < 1.29 is 4.39 Å². The Morgan fingerprint density at radius 1 is 1.15 bits per heavy atom. The van der Waals surface area contributed by atoms with Crippen molar-refractivity contribution in [2.45, 2.75) is 6.92 Å². The molecule has 58 valence electrons. The maximum Gasteiger partial charge on any atom is 0.122 e. The summed E-state index contributed by atoms with van der Waals surface area (Å²) in [5.74, 6) is -0.601. The molecule has 1 rings (SSSR count). The van der Waals surface area contributed by atoms with Gasteiger partial charge in [0.15, 0.2) is 0 Å². The standard InChI is InChI=1S/C9H6B3F/c1-3-5-6(10)4(2)7(11)8(12)9(5)13/h3H,1H2,2H3. The lowest BCUT2D eigenvalue weighted by Gasteiger charge is -2.14. The second kappa shape index (κ2) is 3.45. The van der Waals surface area contributed by atoms with Gasteiger partial charge in [0, 0.05) is 5.56 Å². The van der Waals surface area contributed by atoms with Gasteiger partial charge in [-0.25, -0.2) is 4.39 Å². The normalized spacial score (nSPS) is 10.0. The second-order valence-electron chi connectivity index (χ2n) is 2.80. The third kappa shape index (κ3) is 1.45. The van der Waals surface area contributed by atoms with Gasteiger partial charge in [-0.15, -0.1) is 0 Å². The van der Waals surface area contributed by atoms with Crippen LogP contribution in [0.15, 0.2) is 6.58 Å². The van der Waals surface area contributed by atoms with Crippen LogP contribution in [0.1, 0.15) is 11.1 Å². The Morgan fingerprint density at radius 3 is 2.15 bits per heavy atom. The molecule has 0 amide bonds. The number of hydrogen-bond donors (Lipinski definition) is 0. The number of benzene rings is 1. The Labute approximate surface area is 81.5 Å². The van der Waals surface area contributed by atoms with Crippen LogP contribution in [0.3, 0.4) is 0 Å². The fourth-order valence-electron chi connectivity index (χ4n) is 1.13. The molecule has 0 saturated heterocycles. The van der Waals surface area contributed by atoms with E-state index in [1.54, 1.807) is 6.92 Å². The van der Waals surface area contributed by atoms with Crippen LogP contribution in [0.25, 0.3) is 6.08 Å².